The van der Waals surface area contributed by atoms with E-state index in [1.54, 1.807) is 25.1 Å². The molecule has 18 heavy (non-hydrogen) atoms. The molecule has 1 aromatic rings. The lowest BCUT2D eigenvalue weighted by molar-refractivity contribution is 0.0979. The Labute approximate surface area is 107 Å². The van der Waals surface area contributed by atoms with E-state index >= 15 is 0 Å². The molecule has 1 aliphatic rings. The maximum atomic E-state index is 11.9. The van der Waals surface area contributed by atoms with E-state index < -0.39 is 0 Å². The summed E-state index contributed by atoms with van der Waals surface area (Å²) in [6.45, 7) is 5.42. The Morgan fingerprint density at radius 2 is 1.83 bits per heavy atom. The van der Waals surface area contributed by atoms with Crippen LogP contribution in [0.5, 0.6) is 5.75 Å². The lowest BCUT2D eigenvalue weighted by atomic mass is 9.89. The number of ether oxygens (including phenoxy) is 1. The van der Waals surface area contributed by atoms with Gasteiger partial charge >= 0.3 is 0 Å². The fourth-order valence-electron chi connectivity index (χ4n) is 1.87. The van der Waals surface area contributed by atoms with Crippen molar-refractivity contribution in [2.24, 2.45) is 0 Å². The molecule has 0 aliphatic heterocycles. The zero-order valence-electron chi connectivity index (χ0n) is 10.1. The van der Waals surface area contributed by atoms with Crippen LogP contribution in [0.2, 0.25) is 0 Å². The van der Waals surface area contributed by atoms with Crippen LogP contribution in [0.15, 0.2) is 29.8 Å². The lowest BCUT2D eigenvalue weighted by Gasteiger charge is -2.18. The molecule has 3 heteroatoms. The number of carbonyl (C=O) groups excluding carboxylic acids is 2. The largest absolute Gasteiger partial charge is 0.490 e. The highest BCUT2D eigenvalue weighted by molar-refractivity contribution is 6.25. The van der Waals surface area contributed by atoms with E-state index in [1.165, 1.54) is 6.08 Å². The summed E-state index contributed by atoms with van der Waals surface area (Å²) in [6.07, 6.45) is 1.34. The van der Waals surface area contributed by atoms with Gasteiger partial charge in [0.2, 0.25) is 0 Å². The molecule has 1 aromatic carbocycles. The third kappa shape index (κ3) is 2.35. The first-order chi connectivity index (χ1) is 8.00. The quantitative estimate of drug-likeness (QED) is 0.802. The Kier molecular flexibility index (Phi) is 4.07. The normalized spacial score (nSPS) is 13.9. The predicted molar refractivity (Wildman–Crippen MR) is 71.4 cm³/mol. The van der Waals surface area contributed by atoms with Crippen LogP contribution in [0.1, 0.15) is 48.9 Å². The summed E-state index contributed by atoms with van der Waals surface area (Å²) in [7, 11) is 0. The van der Waals surface area contributed by atoms with Crippen LogP contribution in [0.25, 0.3) is 0 Å². The highest BCUT2D eigenvalue weighted by atomic mass is 16.5. The van der Waals surface area contributed by atoms with E-state index in [0.717, 1.165) is 0 Å². The zero-order chi connectivity index (χ0) is 12.6. The molecule has 0 bridgehead atoms. The number of hydrogen-bond donors (Lipinski definition) is 0. The van der Waals surface area contributed by atoms with Gasteiger partial charge in [0.25, 0.3) is 0 Å². The van der Waals surface area contributed by atoms with Crippen LogP contribution in [0.3, 0.4) is 0 Å². The second kappa shape index (κ2) is 5.17. The molecular formula is C15H18O3. The van der Waals surface area contributed by atoms with Crippen molar-refractivity contribution in [3.8, 4) is 5.75 Å². The first-order valence-electron chi connectivity index (χ1n) is 5.57. The lowest BCUT2D eigenvalue weighted by Crippen LogP contribution is -2.18. The van der Waals surface area contributed by atoms with E-state index in [9.17, 15) is 9.59 Å². The van der Waals surface area contributed by atoms with Gasteiger partial charge in [-0.15, -0.1) is 0 Å². The first-order valence-corrected chi connectivity index (χ1v) is 5.57. The van der Waals surface area contributed by atoms with Crippen molar-refractivity contribution in [2.45, 2.75) is 34.3 Å². The van der Waals surface area contributed by atoms with Crippen LogP contribution in [-0.2, 0) is 0 Å². The number of hydrogen-bond acceptors (Lipinski definition) is 3. The molecule has 0 atom stereocenters. The number of carbonyl (C=O) groups is 2. The molecule has 0 heterocycles. The Hall–Kier alpha value is -1.90. The van der Waals surface area contributed by atoms with Crippen LogP contribution < -0.4 is 4.74 Å². The van der Waals surface area contributed by atoms with Crippen molar-refractivity contribution in [3.63, 3.8) is 0 Å². The van der Waals surface area contributed by atoms with Crippen LogP contribution in [-0.4, -0.2) is 17.7 Å². The first kappa shape index (κ1) is 14.2. The summed E-state index contributed by atoms with van der Waals surface area (Å²) >= 11 is 0. The summed E-state index contributed by atoms with van der Waals surface area (Å²) in [6, 6.07) is 5.12. The average molecular weight is 246 g/mol. The molecule has 0 aromatic heterocycles. The summed E-state index contributed by atoms with van der Waals surface area (Å²) in [5, 5.41) is 0. The Balaban J connectivity index is 0.00000162. The van der Waals surface area contributed by atoms with Crippen LogP contribution in [0, 0.1) is 0 Å². The molecule has 0 fully saturated rings. The predicted octanol–water partition coefficient (Wildman–Crippen LogP) is 3.44. The minimum atomic E-state index is -0.159. The fraction of sp³-hybridized carbons (Fsp3) is 0.333. The number of allylic oxidation sites excluding steroid dienone is 2. The summed E-state index contributed by atoms with van der Waals surface area (Å²) in [5.41, 5.74) is 1.30. The SMILES string of the molecule is C.CC1=CC(=O)c2c(OC(C)C)cccc2C1=O. The monoisotopic (exact) mass is 246 g/mol. The molecule has 96 valence electrons. The van der Waals surface area contributed by atoms with Gasteiger partial charge in [0.05, 0.1) is 11.7 Å². The van der Waals surface area contributed by atoms with Crippen LogP contribution >= 0.6 is 0 Å². The van der Waals surface area contributed by atoms with Gasteiger partial charge in [-0.25, -0.2) is 0 Å². The van der Waals surface area contributed by atoms with Gasteiger partial charge in [-0.1, -0.05) is 19.6 Å². The van der Waals surface area contributed by atoms with Gasteiger partial charge in [0, 0.05) is 11.1 Å². The maximum Gasteiger partial charge on any atom is 0.190 e. The third-order valence-electron chi connectivity index (χ3n) is 2.59. The van der Waals surface area contributed by atoms with Gasteiger partial charge in [-0.2, -0.15) is 0 Å². The smallest absolute Gasteiger partial charge is 0.190 e. The second-order valence-electron chi connectivity index (χ2n) is 4.37. The Morgan fingerprint density at radius 3 is 2.44 bits per heavy atom. The number of fused-ring (bicyclic) bond motifs is 1. The van der Waals surface area contributed by atoms with Gasteiger partial charge in [0.15, 0.2) is 11.6 Å². The highest BCUT2D eigenvalue weighted by Gasteiger charge is 2.26. The van der Waals surface area contributed by atoms with E-state index in [2.05, 4.69) is 0 Å². The molecule has 1 aliphatic carbocycles. The summed E-state index contributed by atoms with van der Waals surface area (Å²) in [4.78, 5) is 23.9. The molecule has 0 amide bonds. The maximum absolute atomic E-state index is 11.9. The van der Waals surface area contributed by atoms with Crippen molar-refractivity contribution in [1.82, 2.24) is 0 Å². The molecule has 2 rings (SSSR count). The van der Waals surface area contributed by atoms with Gasteiger partial charge < -0.3 is 4.74 Å². The molecule has 0 spiro atoms. The summed E-state index contributed by atoms with van der Waals surface area (Å²) in [5.74, 6) is 0.224. The highest BCUT2D eigenvalue weighted by Crippen LogP contribution is 2.29. The number of Topliss-reactive ketones (excluding diaryl/α,β-unsaturated/α-hetero) is 1. The van der Waals surface area contributed by atoms with E-state index in [1.807, 2.05) is 13.8 Å². The number of benzene rings is 1. The molecule has 3 nitrogen and oxygen atoms in total. The van der Waals surface area contributed by atoms with E-state index in [4.69, 9.17) is 4.74 Å². The number of rotatable bonds is 2. The minimum Gasteiger partial charge on any atom is -0.490 e. The van der Waals surface area contributed by atoms with Gasteiger partial charge in [-0.3, -0.25) is 9.59 Å². The molecule has 0 saturated heterocycles. The molecule has 0 radical (unpaired) electrons. The van der Waals surface area contributed by atoms with Crippen molar-refractivity contribution < 1.29 is 14.3 Å². The van der Waals surface area contributed by atoms with Crippen molar-refractivity contribution in [1.29, 1.82) is 0 Å². The standard InChI is InChI=1S/C14H14O3.CH4/c1-8(2)17-12-6-4-5-10-13(12)11(15)7-9(3)14(10)16;/h4-8H,1-3H3;1H4. The molecule has 0 N–H and O–H groups in total. The molecule has 0 unspecified atom stereocenters. The fourth-order valence-corrected chi connectivity index (χ4v) is 1.87. The molecular weight excluding hydrogens is 228 g/mol. The Bertz CT molecular complexity index is 525. The molecule has 0 saturated carbocycles. The van der Waals surface area contributed by atoms with E-state index in [-0.39, 0.29) is 25.1 Å². The second-order valence-corrected chi connectivity index (χ2v) is 4.37. The summed E-state index contributed by atoms with van der Waals surface area (Å²) < 4.78 is 5.56. The minimum absolute atomic E-state index is 0. The number of ketones is 2. The van der Waals surface area contributed by atoms with Gasteiger partial charge in [-0.05, 0) is 32.9 Å². The Morgan fingerprint density at radius 1 is 1.17 bits per heavy atom. The third-order valence-corrected chi connectivity index (χ3v) is 2.59. The topological polar surface area (TPSA) is 43.4 Å². The van der Waals surface area contributed by atoms with Crippen molar-refractivity contribution in [3.05, 3.63) is 41.0 Å². The van der Waals surface area contributed by atoms with E-state index in [0.29, 0.717) is 22.4 Å². The van der Waals surface area contributed by atoms with Crippen LogP contribution in [0.4, 0.5) is 0 Å². The average Bonchev–Trinajstić information content (AvgIpc) is 2.25. The zero-order valence-corrected chi connectivity index (χ0v) is 10.1. The van der Waals surface area contributed by atoms with Crippen molar-refractivity contribution in [2.75, 3.05) is 0 Å². The van der Waals surface area contributed by atoms with Crippen molar-refractivity contribution >= 4 is 11.6 Å². The van der Waals surface area contributed by atoms with Gasteiger partial charge in [0.1, 0.15) is 5.75 Å².